The van der Waals surface area contributed by atoms with Gasteiger partial charge in [-0.05, 0) is 55.4 Å². The van der Waals surface area contributed by atoms with E-state index in [0.717, 1.165) is 24.3 Å². The van der Waals surface area contributed by atoms with Gasteiger partial charge in [0.05, 0.1) is 6.04 Å². The molecular formula is C17H23Cl2N3O. The molecule has 1 saturated carbocycles. The van der Waals surface area contributed by atoms with Crippen molar-refractivity contribution >= 4 is 42.0 Å². The Labute approximate surface area is 148 Å². The lowest BCUT2D eigenvalue weighted by Crippen LogP contribution is -2.35. The van der Waals surface area contributed by atoms with Crippen molar-refractivity contribution in [2.24, 2.45) is 16.6 Å². The van der Waals surface area contributed by atoms with Gasteiger partial charge in [0.15, 0.2) is 0 Å². The van der Waals surface area contributed by atoms with Gasteiger partial charge in [0, 0.05) is 5.02 Å². The molecule has 0 bridgehead atoms. The number of nitrogens with zero attached hydrogens (tertiary/aromatic N) is 1. The van der Waals surface area contributed by atoms with E-state index in [9.17, 15) is 4.79 Å². The van der Waals surface area contributed by atoms with E-state index < -0.39 is 6.03 Å². The molecule has 0 atom stereocenters. The Kier molecular flexibility index (Phi) is 8.13. The van der Waals surface area contributed by atoms with E-state index in [0.29, 0.717) is 10.9 Å². The van der Waals surface area contributed by atoms with Crippen LogP contribution in [0.3, 0.4) is 0 Å². The van der Waals surface area contributed by atoms with E-state index in [-0.39, 0.29) is 18.4 Å². The first-order valence-electron chi connectivity index (χ1n) is 7.61. The highest BCUT2D eigenvalue weighted by Gasteiger charge is 2.17. The number of benzene rings is 1. The number of hydrogen-bond acceptors (Lipinski definition) is 2. The zero-order valence-corrected chi connectivity index (χ0v) is 14.7. The Morgan fingerprint density at radius 1 is 1.26 bits per heavy atom. The van der Waals surface area contributed by atoms with Crippen LogP contribution < -0.4 is 11.1 Å². The van der Waals surface area contributed by atoms with E-state index in [4.69, 9.17) is 17.3 Å². The Hall–Kier alpha value is -1.52. The molecule has 3 N–H and O–H groups in total. The first-order chi connectivity index (χ1) is 10.5. The number of halogens is 2. The molecule has 1 aromatic carbocycles. The van der Waals surface area contributed by atoms with Crippen LogP contribution in [0.4, 0.5) is 4.79 Å². The minimum absolute atomic E-state index is 0. The smallest absolute Gasteiger partial charge is 0.317 e. The second-order valence-corrected chi connectivity index (χ2v) is 6.24. The predicted molar refractivity (Wildman–Crippen MR) is 99.3 cm³/mol. The lowest BCUT2D eigenvalue weighted by molar-refractivity contribution is 0.253. The minimum atomic E-state index is -0.594. The van der Waals surface area contributed by atoms with Crippen LogP contribution in [0.15, 0.2) is 35.3 Å². The normalized spacial score (nSPS) is 21.7. The summed E-state index contributed by atoms with van der Waals surface area (Å²) in [6.07, 6.45) is 8.14. The molecule has 1 aliphatic carbocycles. The number of nitrogens with one attached hydrogen (secondary N) is 1. The maximum atomic E-state index is 11.1. The van der Waals surface area contributed by atoms with Gasteiger partial charge < -0.3 is 5.73 Å². The molecule has 6 heteroatoms. The van der Waals surface area contributed by atoms with Crippen LogP contribution in [0.2, 0.25) is 5.02 Å². The molecule has 0 unspecified atom stereocenters. The van der Waals surface area contributed by atoms with Crippen molar-refractivity contribution in [1.29, 1.82) is 0 Å². The average Bonchev–Trinajstić information content (AvgIpc) is 2.48. The van der Waals surface area contributed by atoms with Crippen molar-refractivity contribution in [2.75, 3.05) is 0 Å². The summed E-state index contributed by atoms with van der Waals surface area (Å²) >= 11 is 5.86. The molecule has 1 aliphatic rings. The third kappa shape index (κ3) is 7.06. The van der Waals surface area contributed by atoms with E-state index in [1.165, 1.54) is 12.8 Å². The number of amides is 2. The number of primary amides is 1. The van der Waals surface area contributed by atoms with Gasteiger partial charge in [-0.2, -0.15) is 0 Å². The summed E-state index contributed by atoms with van der Waals surface area (Å²) in [7, 11) is 0. The van der Waals surface area contributed by atoms with Crippen LogP contribution in [0.5, 0.6) is 0 Å². The maximum absolute atomic E-state index is 11.1. The molecular weight excluding hydrogens is 333 g/mol. The number of carbonyl (C=O) groups excluding carboxylic acids is 1. The fraction of sp³-hybridized carbons (Fsp3) is 0.412. The number of amidine groups is 1. The fourth-order valence-corrected chi connectivity index (χ4v) is 2.69. The van der Waals surface area contributed by atoms with E-state index in [1.54, 1.807) is 6.08 Å². The largest absolute Gasteiger partial charge is 0.351 e. The van der Waals surface area contributed by atoms with Crippen LogP contribution in [0.1, 0.15) is 38.2 Å². The fourth-order valence-electron chi connectivity index (χ4n) is 2.56. The van der Waals surface area contributed by atoms with Crippen molar-refractivity contribution in [3.8, 4) is 0 Å². The van der Waals surface area contributed by atoms with Crippen molar-refractivity contribution in [1.82, 2.24) is 5.32 Å². The average molecular weight is 356 g/mol. The zero-order chi connectivity index (χ0) is 15.9. The molecule has 0 aliphatic heterocycles. The number of urea groups is 1. The number of hydrogen-bond donors (Lipinski definition) is 2. The van der Waals surface area contributed by atoms with Crippen LogP contribution in [0, 0.1) is 5.92 Å². The number of rotatable bonds is 3. The van der Waals surface area contributed by atoms with Crippen molar-refractivity contribution in [3.05, 3.63) is 40.9 Å². The van der Waals surface area contributed by atoms with Gasteiger partial charge in [-0.1, -0.05) is 36.7 Å². The molecule has 126 valence electrons. The SMILES string of the molecule is CC1CCC(N=C(C=Cc2ccc(Cl)cc2)NC(N)=O)CC1.Cl. The Morgan fingerprint density at radius 2 is 1.87 bits per heavy atom. The molecule has 0 aromatic heterocycles. The quantitative estimate of drug-likeness (QED) is 0.611. The Balaban J connectivity index is 0.00000264. The van der Waals surface area contributed by atoms with Gasteiger partial charge in [0.25, 0.3) is 0 Å². The first kappa shape index (κ1) is 19.5. The van der Waals surface area contributed by atoms with Crippen molar-refractivity contribution in [2.45, 2.75) is 38.6 Å². The summed E-state index contributed by atoms with van der Waals surface area (Å²) < 4.78 is 0. The second-order valence-electron chi connectivity index (χ2n) is 5.80. The number of carbonyl (C=O) groups is 1. The summed E-state index contributed by atoms with van der Waals surface area (Å²) in [6.45, 7) is 2.27. The standard InChI is InChI=1S/C17H22ClN3O.ClH/c1-12-2-9-15(10-3-12)20-16(21-17(19)22)11-6-13-4-7-14(18)8-5-13;/h4-8,11-12,15H,2-3,9-10H2,1H3,(H3,19,20,21,22);1H. The molecule has 4 nitrogen and oxygen atoms in total. The van der Waals surface area contributed by atoms with Gasteiger partial charge in [-0.3, -0.25) is 10.3 Å². The lowest BCUT2D eigenvalue weighted by atomic mass is 9.88. The number of aliphatic imine (C=N–C) groups is 1. The highest BCUT2D eigenvalue weighted by Crippen LogP contribution is 2.25. The summed E-state index contributed by atoms with van der Waals surface area (Å²) in [5, 5.41) is 3.29. The van der Waals surface area contributed by atoms with Gasteiger partial charge in [0.2, 0.25) is 0 Å². The molecule has 0 saturated heterocycles. The van der Waals surface area contributed by atoms with Crippen LogP contribution in [-0.2, 0) is 0 Å². The highest BCUT2D eigenvalue weighted by atomic mass is 35.5. The zero-order valence-electron chi connectivity index (χ0n) is 13.2. The van der Waals surface area contributed by atoms with Gasteiger partial charge in [-0.25, -0.2) is 4.79 Å². The van der Waals surface area contributed by atoms with Crippen LogP contribution >= 0.6 is 24.0 Å². The maximum Gasteiger partial charge on any atom is 0.317 e. The number of nitrogens with two attached hydrogens (primary N) is 1. The molecule has 0 spiro atoms. The third-order valence-electron chi connectivity index (χ3n) is 3.86. The summed E-state index contributed by atoms with van der Waals surface area (Å²) in [5.41, 5.74) is 6.21. The van der Waals surface area contributed by atoms with E-state index in [1.807, 2.05) is 30.3 Å². The summed E-state index contributed by atoms with van der Waals surface area (Å²) in [5.74, 6) is 1.28. The minimum Gasteiger partial charge on any atom is -0.351 e. The van der Waals surface area contributed by atoms with Crippen LogP contribution in [-0.4, -0.2) is 17.9 Å². The molecule has 2 rings (SSSR count). The predicted octanol–water partition coefficient (Wildman–Crippen LogP) is 4.42. The monoisotopic (exact) mass is 355 g/mol. The third-order valence-corrected chi connectivity index (χ3v) is 4.11. The molecule has 0 radical (unpaired) electrons. The molecule has 1 aromatic rings. The van der Waals surface area contributed by atoms with Gasteiger partial charge in [-0.15, -0.1) is 12.4 Å². The van der Waals surface area contributed by atoms with Gasteiger partial charge >= 0.3 is 6.03 Å². The van der Waals surface area contributed by atoms with E-state index in [2.05, 4.69) is 17.2 Å². The van der Waals surface area contributed by atoms with Gasteiger partial charge in [0.1, 0.15) is 5.84 Å². The van der Waals surface area contributed by atoms with Crippen molar-refractivity contribution < 1.29 is 4.79 Å². The van der Waals surface area contributed by atoms with Crippen LogP contribution in [0.25, 0.3) is 6.08 Å². The van der Waals surface area contributed by atoms with E-state index >= 15 is 0 Å². The van der Waals surface area contributed by atoms with Crippen molar-refractivity contribution in [3.63, 3.8) is 0 Å². The Morgan fingerprint density at radius 3 is 2.43 bits per heavy atom. The second kappa shape index (κ2) is 9.58. The topological polar surface area (TPSA) is 67.5 Å². The summed E-state index contributed by atoms with van der Waals surface area (Å²) in [6, 6.07) is 7.12. The Bertz CT molecular complexity index is 562. The highest BCUT2D eigenvalue weighted by molar-refractivity contribution is 6.30. The first-order valence-corrected chi connectivity index (χ1v) is 7.98. The lowest BCUT2D eigenvalue weighted by Gasteiger charge is -2.23. The molecule has 0 heterocycles. The molecule has 2 amide bonds. The molecule has 1 fully saturated rings. The summed E-state index contributed by atoms with van der Waals surface area (Å²) in [4.78, 5) is 15.8. The molecule has 23 heavy (non-hydrogen) atoms.